The minimum Gasteiger partial charge on any atom is -0.378 e. The Morgan fingerprint density at radius 3 is 2.77 bits per heavy atom. The molecule has 2 rings (SSSR count). The molecule has 1 aliphatic carbocycles. The Morgan fingerprint density at radius 1 is 1.41 bits per heavy atom. The van der Waals surface area contributed by atoms with Gasteiger partial charge in [-0.15, -0.1) is 0 Å². The lowest BCUT2D eigenvalue weighted by molar-refractivity contribution is -0.124. The number of piperidine rings is 1. The number of nitrogens with one attached hydrogen (secondary N) is 1. The first-order chi connectivity index (χ1) is 10.6. The summed E-state index contributed by atoms with van der Waals surface area (Å²) in [5, 5.41) is 3.00. The van der Waals surface area contributed by atoms with Crippen molar-refractivity contribution in [3.63, 3.8) is 0 Å². The number of nitrogens with zero attached hydrogens (tertiary/aromatic N) is 1. The van der Waals surface area contributed by atoms with Gasteiger partial charge in [0.15, 0.2) is 0 Å². The van der Waals surface area contributed by atoms with E-state index >= 15 is 0 Å². The quantitative estimate of drug-likeness (QED) is 0.820. The normalized spacial score (nSPS) is 24.5. The first-order valence-electron chi connectivity index (χ1n) is 8.79. The van der Waals surface area contributed by atoms with Gasteiger partial charge in [0.1, 0.15) is 5.78 Å². The number of rotatable bonds is 6. The molecule has 0 radical (unpaired) electrons. The Morgan fingerprint density at radius 2 is 2.14 bits per heavy atom. The molecule has 5 heteroatoms. The van der Waals surface area contributed by atoms with E-state index in [4.69, 9.17) is 4.74 Å². The van der Waals surface area contributed by atoms with Gasteiger partial charge in [-0.2, -0.15) is 0 Å². The van der Waals surface area contributed by atoms with Gasteiger partial charge in [0.25, 0.3) is 0 Å². The van der Waals surface area contributed by atoms with E-state index in [0.29, 0.717) is 32.0 Å². The van der Waals surface area contributed by atoms with E-state index in [1.165, 1.54) is 25.7 Å². The summed E-state index contributed by atoms with van der Waals surface area (Å²) in [6.45, 7) is 6.41. The fourth-order valence-corrected chi connectivity index (χ4v) is 3.63. The molecule has 1 aliphatic heterocycles. The second-order valence-corrected chi connectivity index (χ2v) is 6.62. The maximum absolute atomic E-state index is 12.2. The van der Waals surface area contributed by atoms with Crippen molar-refractivity contribution in [3.8, 4) is 0 Å². The van der Waals surface area contributed by atoms with Gasteiger partial charge in [0.2, 0.25) is 0 Å². The molecule has 0 aromatic rings. The molecule has 0 aromatic heterocycles. The number of hydrogen-bond acceptors (Lipinski definition) is 3. The molecule has 126 valence electrons. The third kappa shape index (κ3) is 4.70. The summed E-state index contributed by atoms with van der Waals surface area (Å²) in [6.07, 6.45) is 6.76. The number of Topliss-reactive ketones (excluding diaryl/α,β-unsaturated/α-hetero) is 1. The molecule has 22 heavy (non-hydrogen) atoms. The lowest BCUT2D eigenvalue weighted by Gasteiger charge is -2.30. The summed E-state index contributed by atoms with van der Waals surface area (Å²) in [7, 11) is 0. The van der Waals surface area contributed by atoms with Crippen molar-refractivity contribution in [2.75, 3.05) is 26.2 Å². The molecule has 1 N–H and O–H groups in total. The number of ketones is 1. The molecule has 2 amide bonds. The topological polar surface area (TPSA) is 58.6 Å². The van der Waals surface area contributed by atoms with Gasteiger partial charge < -0.3 is 15.0 Å². The average molecular weight is 310 g/mol. The Hall–Kier alpha value is -1.10. The van der Waals surface area contributed by atoms with E-state index in [1.54, 1.807) is 4.90 Å². The summed E-state index contributed by atoms with van der Waals surface area (Å²) in [6, 6.07) is -0.0407. The number of carbonyl (C=O) groups is 2. The SMILES string of the molecule is CCOC(CCNC(=O)N1CCC(=O)C(C)C1)C1CCCC1. The second-order valence-electron chi connectivity index (χ2n) is 6.62. The molecule has 1 saturated carbocycles. The maximum atomic E-state index is 12.2. The Balaban J connectivity index is 1.71. The molecule has 2 aliphatic rings. The molecular formula is C17H30N2O3. The first-order valence-corrected chi connectivity index (χ1v) is 8.79. The van der Waals surface area contributed by atoms with Crippen LogP contribution in [-0.2, 0) is 9.53 Å². The van der Waals surface area contributed by atoms with Crippen LogP contribution in [0, 0.1) is 11.8 Å². The highest BCUT2D eigenvalue weighted by Crippen LogP contribution is 2.30. The number of urea groups is 1. The van der Waals surface area contributed by atoms with Gasteiger partial charge in [-0.25, -0.2) is 4.79 Å². The van der Waals surface area contributed by atoms with Gasteiger partial charge in [-0.1, -0.05) is 19.8 Å². The molecule has 1 saturated heterocycles. The molecular weight excluding hydrogens is 280 g/mol. The van der Waals surface area contributed by atoms with Crippen LogP contribution in [0.25, 0.3) is 0 Å². The van der Waals surface area contributed by atoms with Crippen LogP contribution in [-0.4, -0.2) is 49.1 Å². The summed E-state index contributed by atoms with van der Waals surface area (Å²) >= 11 is 0. The van der Waals surface area contributed by atoms with Crippen LogP contribution in [0.2, 0.25) is 0 Å². The standard InChI is InChI=1S/C17H30N2O3/c1-3-22-16(14-6-4-5-7-14)8-10-18-17(21)19-11-9-15(20)13(2)12-19/h13-14,16H,3-12H2,1-2H3,(H,18,21). The zero-order chi connectivity index (χ0) is 15.9. The van der Waals surface area contributed by atoms with Crippen LogP contribution in [0.15, 0.2) is 0 Å². The van der Waals surface area contributed by atoms with Crippen molar-refractivity contribution in [2.24, 2.45) is 11.8 Å². The van der Waals surface area contributed by atoms with Crippen molar-refractivity contribution in [1.29, 1.82) is 0 Å². The van der Waals surface area contributed by atoms with Gasteiger partial charge >= 0.3 is 6.03 Å². The molecule has 1 heterocycles. The van der Waals surface area contributed by atoms with Crippen LogP contribution in [0.5, 0.6) is 0 Å². The van der Waals surface area contributed by atoms with Gasteiger partial charge in [0, 0.05) is 38.6 Å². The van der Waals surface area contributed by atoms with Crippen molar-refractivity contribution >= 4 is 11.8 Å². The predicted molar refractivity (Wildman–Crippen MR) is 85.7 cm³/mol. The third-order valence-corrected chi connectivity index (χ3v) is 4.97. The number of likely N-dealkylation sites (tertiary alicyclic amines) is 1. The number of hydrogen-bond donors (Lipinski definition) is 1. The predicted octanol–water partition coefficient (Wildman–Crippen LogP) is 2.59. The van der Waals surface area contributed by atoms with Gasteiger partial charge in [0.05, 0.1) is 6.10 Å². The van der Waals surface area contributed by atoms with E-state index in [0.717, 1.165) is 13.0 Å². The van der Waals surface area contributed by atoms with Crippen molar-refractivity contribution in [1.82, 2.24) is 10.2 Å². The van der Waals surface area contributed by atoms with E-state index in [1.807, 2.05) is 13.8 Å². The lowest BCUT2D eigenvalue weighted by atomic mass is 9.98. The molecule has 2 unspecified atom stereocenters. The van der Waals surface area contributed by atoms with Crippen LogP contribution in [0.1, 0.15) is 52.4 Å². The molecule has 2 fully saturated rings. The Kier molecular flexibility index (Phi) is 6.68. The summed E-state index contributed by atoms with van der Waals surface area (Å²) in [5.41, 5.74) is 0. The highest BCUT2D eigenvalue weighted by molar-refractivity contribution is 5.84. The fourth-order valence-electron chi connectivity index (χ4n) is 3.63. The highest BCUT2D eigenvalue weighted by Gasteiger charge is 2.28. The van der Waals surface area contributed by atoms with Crippen LogP contribution in [0.4, 0.5) is 4.79 Å². The first kappa shape index (κ1) is 17.3. The van der Waals surface area contributed by atoms with Crippen molar-refractivity contribution in [3.05, 3.63) is 0 Å². The Labute approximate surface area is 133 Å². The van der Waals surface area contributed by atoms with E-state index in [2.05, 4.69) is 5.32 Å². The number of carbonyl (C=O) groups excluding carboxylic acids is 2. The zero-order valence-electron chi connectivity index (χ0n) is 14.0. The molecule has 0 spiro atoms. The fraction of sp³-hybridized carbons (Fsp3) is 0.882. The van der Waals surface area contributed by atoms with Gasteiger partial charge in [-0.3, -0.25) is 4.79 Å². The van der Waals surface area contributed by atoms with E-state index in [-0.39, 0.29) is 23.8 Å². The summed E-state index contributed by atoms with van der Waals surface area (Å²) in [5.74, 6) is 0.889. The van der Waals surface area contributed by atoms with Crippen LogP contribution < -0.4 is 5.32 Å². The zero-order valence-corrected chi connectivity index (χ0v) is 14.0. The van der Waals surface area contributed by atoms with E-state index in [9.17, 15) is 9.59 Å². The minimum absolute atomic E-state index is 0.0332. The average Bonchev–Trinajstić information content (AvgIpc) is 3.03. The number of ether oxygens (including phenoxy) is 1. The lowest BCUT2D eigenvalue weighted by Crippen LogP contribution is -2.48. The minimum atomic E-state index is -0.0407. The number of amides is 2. The van der Waals surface area contributed by atoms with Gasteiger partial charge in [-0.05, 0) is 32.1 Å². The molecule has 0 bridgehead atoms. The van der Waals surface area contributed by atoms with E-state index < -0.39 is 0 Å². The summed E-state index contributed by atoms with van der Waals surface area (Å²) < 4.78 is 5.87. The Bertz CT molecular complexity index is 380. The second kappa shape index (κ2) is 8.51. The molecule has 0 aromatic carbocycles. The van der Waals surface area contributed by atoms with Crippen LogP contribution in [0.3, 0.4) is 0 Å². The monoisotopic (exact) mass is 310 g/mol. The molecule has 5 nitrogen and oxygen atoms in total. The largest absolute Gasteiger partial charge is 0.378 e. The van der Waals surface area contributed by atoms with Crippen molar-refractivity contribution < 1.29 is 14.3 Å². The molecule has 2 atom stereocenters. The highest BCUT2D eigenvalue weighted by atomic mass is 16.5. The smallest absolute Gasteiger partial charge is 0.317 e. The van der Waals surface area contributed by atoms with Crippen molar-refractivity contribution in [2.45, 2.75) is 58.5 Å². The summed E-state index contributed by atoms with van der Waals surface area (Å²) in [4.78, 5) is 25.4. The van der Waals surface area contributed by atoms with Crippen LogP contribution >= 0.6 is 0 Å². The maximum Gasteiger partial charge on any atom is 0.317 e. The third-order valence-electron chi connectivity index (χ3n) is 4.97.